The van der Waals surface area contributed by atoms with Crippen molar-refractivity contribution in [1.29, 1.82) is 0 Å². The molecule has 0 bridgehead atoms. The standard InChI is InChI=1S/C19H27O/c1-18-9-3-4-16(18)15-6-5-13-12-14(20)7-11-19(13,2)17(15)8-10-18/h9,12,15-17H,3-8,10-11H2,1-2H3/t15-,16-,17+,18-,19-/m0/s1. The topological polar surface area (TPSA) is 17.1 Å². The summed E-state index contributed by atoms with van der Waals surface area (Å²) >= 11 is 0. The van der Waals surface area contributed by atoms with E-state index in [1.165, 1.54) is 44.1 Å². The molecule has 1 heteroatoms. The molecule has 1 radical (unpaired) electrons. The Bertz CT molecular complexity index is 476. The second-order valence-electron chi connectivity index (χ2n) is 8.29. The van der Waals surface area contributed by atoms with Gasteiger partial charge in [0.25, 0.3) is 0 Å². The molecular formula is C19H27O. The average molecular weight is 271 g/mol. The highest BCUT2D eigenvalue weighted by molar-refractivity contribution is 5.91. The van der Waals surface area contributed by atoms with Gasteiger partial charge in [0, 0.05) is 6.42 Å². The van der Waals surface area contributed by atoms with Gasteiger partial charge in [-0.3, -0.25) is 4.79 Å². The highest BCUT2D eigenvalue weighted by atomic mass is 16.1. The van der Waals surface area contributed by atoms with Crippen molar-refractivity contribution in [2.75, 3.05) is 0 Å². The molecule has 109 valence electrons. The molecule has 0 aromatic heterocycles. The van der Waals surface area contributed by atoms with Crippen LogP contribution in [0.25, 0.3) is 0 Å². The molecule has 3 saturated carbocycles. The lowest BCUT2D eigenvalue weighted by Crippen LogP contribution is -2.49. The van der Waals surface area contributed by atoms with Crippen LogP contribution in [0.4, 0.5) is 0 Å². The van der Waals surface area contributed by atoms with Crippen LogP contribution in [-0.2, 0) is 4.79 Å². The quantitative estimate of drug-likeness (QED) is 0.623. The molecular weight excluding hydrogens is 244 g/mol. The normalized spacial score (nSPS) is 51.0. The van der Waals surface area contributed by atoms with Gasteiger partial charge in [0.2, 0.25) is 0 Å². The number of hydrogen-bond acceptors (Lipinski definition) is 1. The lowest BCUT2D eigenvalue weighted by Gasteiger charge is -2.57. The minimum atomic E-state index is 0.348. The van der Waals surface area contributed by atoms with Crippen molar-refractivity contribution in [3.63, 3.8) is 0 Å². The number of fused-ring (bicyclic) bond motifs is 5. The van der Waals surface area contributed by atoms with Gasteiger partial charge >= 0.3 is 0 Å². The van der Waals surface area contributed by atoms with E-state index in [1.54, 1.807) is 0 Å². The third kappa shape index (κ3) is 1.64. The van der Waals surface area contributed by atoms with Crippen LogP contribution in [-0.4, -0.2) is 5.78 Å². The van der Waals surface area contributed by atoms with Gasteiger partial charge in [0.1, 0.15) is 0 Å². The molecule has 20 heavy (non-hydrogen) atoms. The summed E-state index contributed by atoms with van der Waals surface area (Å²) in [5.41, 5.74) is 2.38. The molecule has 4 aliphatic carbocycles. The summed E-state index contributed by atoms with van der Waals surface area (Å²) in [4.78, 5) is 11.8. The molecule has 5 atom stereocenters. The van der Waals surface area contributed by atoms with Crippen LogP contribution in [0.2, 0.25) is 0 Å². The van der Waals surface area contributed by atoms with Gasteiger partial charge in [-0.15, -0.1) is 0 Å². The highest BCUT2D eigenvalue weighted by Crippen LogP contribution is 2.64. The maximum atomic E-state index is 11.8. The molecule has 1 nitrogen and oxygen atoms in total. The molecule has 0 N–H and O–H groups in total. The third-order valence-electron chi connectivity index (χ3n) is 7.49. The van der Waals surface area contributed by atoms with Gasteiger partial charge in [0.15, 0.2) is 5.78 Å². The summed E-state index contributed by atoms with van der Waals surface area (Å²) in [6, 6.07) is 0. The predicted octanol–water partition coefficient (Wildman–Crippen LogP) is 4.72. The van der Waals surface area contributed by atoms with E-state index in [4.69, 9.17) is 0 Å². The maximum Gasteiger partial charge on any atom is 0.155 e. The van der Waals surface area contributed by atoms with Gasteiger partial charge < -0.3 is 0 Å². The number of carbonyl (C=O) groups excluding carboxylic acids is 1. The molecule has 3 fully saturated rings. The predicted molar refractivity (Wildman–Crippen MR) is 81.0 cm³/mol. The van der Waals surface area contributed by atoms with Crippen molar-refractivity contribution in [3.05, 3.63) is 18.1 Å². The summed E-state index contributed by atoms with van der Waals surface area (Å²) in [5, 5.41) is 0. The fourth-order valence-corrected chi connectivity index (χ4v) is 6.30. The lowest BCUT2D eigenvalue weighted by molar-refractivity contribution is -0.117. The van der Waals surface area contributed by atoms with Crippen molar-refractivity contribution in [1.82, 2.24) is 0 Å². The second-order valence-corrected chi connectivity index (χ2v) is 8.29. The Balaban J connectivity index is 1.69. The summed E-state index contributed by atoms with van der Waals surface area (Å²) < 4.78 is 0. The summed E-state index contributed by atoms with van der Waals surface area (Å²) in [7, 11) is 0. The summed E-state index contributed by atoms with van der Waals surface area (Å²) in [6.07, 6.45) is 14.6. The first-order chi connectivity index (χ1) is 9.53. The molecule has 4 aliphatic rings. The van der Waals surface area contributed by atoms with E-state index in [9.17, 15) is 4.79 Å². The van der Waals surface area contributed by atoms with Crippen LogP contribution in [0.1, 0.15) is 65.2 Å². The van der Waals surface area contributed by atoms with Crippen LogP contribution in [0.3, 0.4) is 0 Å². The van der Waals surface area contributed by atoms with Crippen molar-refractivity contribution in [2.24, 2.45) is 28.6 Å². The van der Waals surface area contributed by atoms with E-state index in [1.807, 2.05) is 6.08 Å². The number of rotatable bonds is 0. The zero-order valence-corrected chi connectivity index (χ0v) is 13.0. The Labute approximate surface area is 123 Å². The molecule has 0 spiro atoms. The molecule has 0 aromatic rings. The van der Waals surface area contributed by atoms with Crippen molar-refractivity contribution >= 4 is 5.78 Å². The minimum absolute atomic E-state index is 0.348. The van der Waals surface area contributed by atoms with E-state index in [2.05, 4.69) is 20.3 Å². The van der Waals surface area contributed by atoms with E-state index in [0.717, 1.165) is 30.6 Å². The Morgan fingerprint density at radius 2 is 1.90 bits per heavy atom. The van der Waals surface area contributed by atoms with E-state index >= 15 is 0 Å². The van der Waals surface area contributed by atoms with Crippen LogP contribution < -0.4 is 0 Å². The van der Waals surface area contributed by atoms with Gasteiger partial charge in [-0.2, -0.15) is 0 Å². The minimum Gasteiger partial charge on any atom is -0.295 e. The molecule has 0 unspecified atom stereocenters. The van der Waals surface area contributed by atoms with Crippen molar-refractivity contribution < 1.29 is 4.79 Å². The molecule has 0 aliphatic heterocycles. The monoisotopic (exact) mass is 271 g/mol. The highest BCUT2D eigenvalue weighted by Gasteiger charge is 2.56. The molecule has 0 aromatic carbocycles. The average Bonchev–Trinajstić information content (AvgIpc) is 2.81. The van der Waals surface area contributed by atoms with Crippen molar-refractivity contribution in [3.8, 4) is 0 Å². The Kier molecular flexibility index (Phi) is 2.76. The summed E-state index contributed by atoms with van der Waals surface area (Å²) in [5.74, 6) is 3.08. The number of allylic oxidation sites excluding steroid dienone is 1. The lowest BCUT2D eigenvalue weighted by atomic mass is 9.47. The second kappa shape index (κ2) is 4.21. The zero-order chi connectivity index (χ0) is 14.0. The molecule has 4 rings (SSSR count). The molecule has 0 heterocycles. The number of hydrogen-bond donors (Lipinski definition) is 0. The molecule has 0 saturated heterocycles. The third-order valence-corrected chi connectivity index (χ3v) is 7.49. The van der Waals surface area contributed by atoms with E-state index < -0.39 is 0 Å². The van der Waals surface area contributed by atoms with Gasteiger partial charge in [-0.1, -0.05) is 19.4 Å². The van der Waals surface area contributed by atoms with Crippen LogP contribution in [0, 0.1) is 35.0 Å². The Hall–Kier alpha value is -0.590. The molecule has 0 amide bonds. The first-order valence-electron chi connectivity index (χ1n) is 8.61. The zero-order valence-electron chi connectivity index (χ0n) is 13.0. The smallest absolute Gasteiger partial charge is 0.155 e. The first-order valence-corrected chi connectivity index (χ1v) is 8.61. The van der Waals surface area contributed by atoms with E-state index in [0.29, 0.717) is 16.6 Å². The SMILES string of the molecule is C[C@@]12[CH]CC[C@H]1[C@@H]1CCC3=CC(=O)CC[C@]3(C)[C@@H]1CC2. The van der Waals surface area contributed by atoms with Crippen molar-refractivity contribution in [2.45, 2.75) is 65.2 Å². The Morgan fingerprint density at radius 3 is 2.75 bits per heavy atom. The van der Waals surface area contributed by atoms with Gasteiger partial charge in [-0.25, -0.2) is 0 Å². The fourth-order valence-electron chi connectivity index (χ4n) is 6.30. The van der Waals surface area contributed by atoms with Crippen LogP contribution in [0.15, 0.2) is 11.6 Å². The number of ketones is 1. The maximum absolute atomic E-state index is 11.8. The van der Waals surface area contributed by atoms with Crippen LogP contribution in [0.5, 0.6) is 0 Å². The first kappa shape index (κ1) is 13.1. The van der Waals surface area contributed by atoms with Gasteiger partial charge in [0.05, 0.1) is 0 Å². The largest absolute Gasteiger partial charge is 0.295 e. The Morgan fingerprint density at radius 1 is 1.05 bits per heavy atom. The fraction of sp³-hybridized carbons (Fsp3) is 0.789. The number of carbonyl (C=O) groups is 1. The van der Waals surface area contributed by atoms with Gasteiger partial charge in [-0.05, 0) is 86.0 Å². The van der Waals surface area contributed by atoms with Crippen LogP contribution >= 0.6 is 0 Å². The summed E-state index contributed by atoms with van der Waals surface area (Å²) in [6.45, 7) is 4.99. The van der Waals surface area contributed by atoms with E-state index in [-0.39, 0.29) is 0 Å².